The van der Waals surface area contributed by atoms with Gasteiger partial charge in [-0.1, -0.05) is 91.0 Å². The average molecular weight is 474 g/mol. The van der Waals surface area contributed by atoms with Gasteiger partial charge in [0.05, 0.1) is 33.3 Å². The van der Waals surface area contributed by atoms with Crippen LogP contribution >= 0.6 is 0 Å². The molecule has 4 nitrogen and oxygen atoms in total. The molecule has 0 aliphatic rings. The summed E-state index contributed by atoms with van der Waals surface area (Å²) >= 11 is 0. The molecular weight excluding hydrogens is 454 g/mol. The summed E-state index contributed by atoms with van der Waals surface area (Å²) in [7, 11) is 0. The van der Waals surface area contributed by atoms with Crippen molar-refractivity contribution in [1.82, 2.24) is 15.0 Å². The number of hydrogen-bond acceptors (Lipinski definition) is 4. The van der Waals surface area contributed by atoms with Crippen LogP contribution in [0.3, 0.4) is 0 Å². The van der Waals surface area contributed by atoms with Crippen LogP contribution < -0.4 is 0 Å². The minimum atomic E-state index is 0.624. The standard InChI is InChI=1S/C33H19N3O/c1-2-8-20(9-3-1)25-18-16-21-14-15-22-17-19-27(35-32(22)31(21)34-25)29-23-10-4-6-12-26(23)36-33-30(29)24-11-5-7-13-28(24)37-33/h1-19H. The predicted octanol–water partition coefficient (Wildman–Crippen LogP) is 8.56. The molecule has 8 rings (SSSR count). The molecule has 0 saturated carbocycles. The fourth-order valence-corrected chi connectivity index (χ4v) is 5.32. The first-order chi connectivity index (χ1) is 18.3. The van der Waals surface area contributed by atoms with Gasteiger partial charge in [-0.25, -0.2) is 15.0 Å². The van der Waals surface area contributed by atoms with E-state index in [9.17, 15) is 0 Å². The van der Waals surface area contributed by atoms with Gasteiger partial charge < -0.3 is 4.42 Å². The molecule has 0 saturated heterocycles. The predicted molar refractivity (Wildman–Crippen MR) is 150 cm³/mol. The van der Waals surface area contributed by atoms with Crippen LogP contribution in [0.25, 0.3) is 77.3 Å². The van der Waals surface area contributed by atoms with Crippen molar-refractivity contribution in [3.8, 4) is 22.5 Å². The van der Waals surface area contributed by atoms with Crippen LogP contribution in [0.15, 0.2) is 120 Å². The van der Waals surface area contributed by atoms with Gasteiger partial charge in [0.2, 0.25) is 5.71 Å². The van der Waals surface area contributed by atoms with Crippen molar-refractivity contribution >= 4 is 54.8 Å². The molecule has 0 amide bonds. The van der Waals surface area contributed by atoms with E-state index in [4.69, 9.17) is 19.4 Å². The Morgan fingerprint density at radius 1 is 0.486 bits per heavy atom. The molecule has 4 heteroatoms. The number of rotatable bonds is 2. The van der Waals surface area contributed by atoms with E-state index in [1.54, 1.807) is 0 Å². The lowest BCUT2D eigenvalue weighted by Gasteiger charge is -2.11. The van der Waals surface area contributed by atoms with Crippen LogP contribution in [0.5, 0.6) is 0 Å². The summed E-state index contributed by atoms with van der Waals surface area (Å²) in [5.41, 5.74) is 8.04. The zero-order chi connectivity index (χ0) is 24.3. The topological polar surface area (TPSA) is 51.8 Å². The van der Waals surface area contributed by atoms with Gasteiger partial charge in [-0.3, -0.25) is 0 Å². The number of nitrogens with zero attached hydrogens (tertiary/aromatic N) is 3. The summed E-state index contributed by atoms with van der Waals surface area (Å²) in [6, 6.07) is 39.2. The van der Waals surface area contributed by atoms with Crippen LogP contribution in [0.1, 0.15) is 0 Å². The molecule has 0 N–H and O–H groups in total. The van der Waals surface area contributed by atoms with Crippen LogP contribution in [-0.2, 0) is 0 Å². The van der Waals surface area contributed by atoms with Crippen molar-refractivity contribution in [2.24, 2.45) is 0 Å². The minimum absolute atomic E-state index is 0.624. The van der Waals surface area contributed by atoms with Crippen molar-refractivity contribution < 1.29 is 4.42 Å². The Labute approximate surface area is 211 Å². The summed E-state index contributed by atoms with van der Waals surface area (Å²) < 4.78 is 6.19. The molecule has 0 bridgehead atoms. The second-order valence-corrected chi connectivity index (χ2v) is 9.25. The smallest absolute Gasteiger partial charge is 0.228 e. The van der Waals surface area contributed by atoms with Gasteiger partial charge in [0.15, 0.2) is 0 Å². The number of para-hydroxylation sites is 2. The summed E-state index contributed by atoms with van der Waals surface area (Å²) in [6.45, 7) is 0. The Balaban J connectivity index is 1.47. The van der Waals surface area contributed by atoms with E-state index in [-0.39, 0.29) is 0 Å². The molecule has 4 aromatic heterocycles. The van der Waals surface area contributed by atoms with E-state index < -0.39 is 0 Å². The number of furan rings is 1. The van der Waals surface area contributed by atoms with E-state index in [2.05, 4.69) is 60.7 Å². The van der Waals surface area contributed by atoms with Gasteiger partial charge in [-0.05, 0) is 24.3 Å². The second kappa shape index (κ2) is 7.70. The van der Waals surface area contributed by atoms with E-state index in [0.717, 1.165) is 71.6 Å². The SMILES string of the molecule is c1ccc(-c2ccc3ccc4ccc(-c5c6ccccc6nc6oc7ccccc7c56)nc4c3n2)cc1. The number of hydrogen-bond donors (Lipinski definition) is 0. The highest BCUT2D eigenvalue weighted by Crippen LogP contribution is 2.40. The highest BCUT2D eigenvalue weighted by molar-refractivity contribution is 6.18. The summed E-state index contributed by atoms with van der Waals surface area (Å²) in [4.78, 5) is 15.2. The van der Waals surface area contributed by atoms with E-state index in [1.807, 2.05) is 54.6 Å². The molecule has 0 radical (unpaired) electrons. The van der Waals surface area contributed by atoms with Gasteiger partial charge in [-0.15, -0.1) is 0 Å². The maximum Gasteiger partial charge on any atom is 0.228 e. The number of aromatic nitrogens is 3. The first-order valence-electron chi connectivity index (χ1n) is 12.3. The molecule has 37 heavy (non-hydrogen) atoms. The first kappa shape index (κ1) is 20.1. The fraction of sp³-hybridized carbons (Fsp3) is 0. The maximum atomic E-state index is 6.19. The van der Waals surface area contributed by atoms with Gasteiger partial charge in [0.1, 0.15) is 5.58 Å². The zero-order valence-corrected chi connectivity index (χ0v) is 19.7. The highest BCUT2D eigenvalue weighted by atomic mass is 16.3. The van der Waals surface area contributed by atoms with Crippen LogP contribution in [-0.4, -0.2) is 15.0 Å². The quantitative estimate of drug-likeness (QED) is 0.236. The van der Waals surface area contributed by atoms with Crippen molar-refractivity contribution in [2.75, 3.05) is 0 Å². The molecule has 0 aliphatic heterocycles. The third-order valence-electron chi connectivity index (χ3n) is 7.07. The number of pyridine rings is 3. The Morgan fingerprint density at radius 3 is 1.92 bits per heavy atom. The van der Waals surface area contributed by atoms with Gasteiger partial charge >= 0.3 is 0 Å². The fourth-order valence-electron chi connectivity index (χ4n) is 5.32. The van der Waals surface area contributed by atoms with Crippen LogP contribution in [0.2, 0.25) is 0 Å². The molecule has 172 valence electrons. The lowest BCUT2D eigenvalue weighted by atomic mass is 9.99. The second-order valence-electron chi connectivity index (χ2n) is 9.25. The maximum absolute atomic E-state index is 6.19. The molecule has 0 spiro atoms. The van der Waals surface area contributed by atoms with Crippen LogP contribution in [0, 0.1) is 0 Å². The zero-order valence-electron chi connectivity index (χ0n) is 19.7. The Morgan fingerprint density at radius 2 is 1.11 bits per heavy atom. The van der Waals surface area contributed by atoms with Gasteiger partial charge in [-0.2, -0.15) is 0 Å². The van der Waals surface area contributed by atoms with Gasteiger partial charge in [0, 0.05) is 32.7 Å². The third kappa shape index (κ3) is 3.06. The molecule has 0 aliphatic carbocycles. The lowest BCUT2D eigenvalue weighted by molar-refractivity contribution is 0.656. The lowest BCUT2D eigenvalue weighted by Crippen LogP contribution is -1.93. The number of fused-ring (bicyclic) bond motifs is 7. The molecule has 4 heterocycles. The van der Waals surface area contributed by atoms with E-state index >= 15 is 0 Å². The summed E-state index contributed by atoms with van der Waals surface area (Å²) in [6.07, 6.45) is 0. The van der Waals surface area contributed by atoms with Crippen LogP contribution in [0.4, 0.5) is 0 Å². The van der Waals surface area contributed by atoms with Crippen molar-refractivity contribution in [2.45, 2.75) is 0 Å². The average Bonchev–Trinajstić information content (AvgIpc) is 3.34. The largest absolute Gasteiger partial charge is 0.438 e. The first-order valence-corrected chi connectivity index (χ1v) is 12.3. The molecule has 8 aromatic rings. The monoisotopic (exact) mass is 473 g/mol. The minimum Gasteiger partial charge on any atom is -0.438 e. The molecule has 0 fully saturated rings. The Bertz CT molecular complexity index is 2150. The normalized spacial score (nSPS) is 11.8. The van der Waals surface area contributed by atoms with Crippen molar-refractivity contribution in [3.63, 3.8) is 0 Å². The van der Waals surface area contributed by atoms with E-state index in [1.165, 1.54) is 0 Å². The Kier molecular flexibility index (Phi) is 4.19. The summed E-state index contributed by atoms with van der Waals surface area (Å²) in [5, 5.41) is 5.19. The molecule has 0 atom stereocenters. The van der Waals surface area contributed by atoms with Gasteiger partial charge in [0.25, 0.3) is 0 Å². The van der Waals surface area contributed by atoms with E-state index in [0.29, 0.717) is 5.71 Å². The summed E-state index contributed by atoms with van der Waals surface area (Å²) in [5.74, 6) is 0. The third-order valence-corrected chi connectivity index (χ3v) is 7.07. The van der Waals surface area contributed by atoms with Crippen molar-refractivity contribution in [1.29, 1.82) is 0 Å². The molecular formula is C33H19N3O. The molecule has 4 aromatic carbocycles. The molecule has 0 unspecified atom stereocenters. The van der Waals surface area contributed by atoms with Crippen molar-refractivity contribution in [3.05, 3.63) is 115 Å². The number of benzene rings is 4. The highest BCUT2D eigenvalue weighted by Gasteiger charge is 2.19. The Hall–Kier alpha value is -5.09.